The lowest BCUT2D eigenvalue weighted by molar-refractivity contribution is 0.313. The van der Waals surface area contributed by atoms with Crippen LogP contribution in [0.2, 0.25) is 0 Å². The predicted octanol–water partition coefficient (Wildman–Crippen LogP) is 7.19. The molecular weight excluding hydrogens is 420 g/mol. The average Bonchev–Trinajstić information content (AvgIpc) is 2.76. The Morgan fingerprint density at radius 2 is 1.74 bits per heavy atom. The summed E-state index contributed by atoms with van der Waals surface area (Å²) in [5, 5.41) is 9.33. The van der Waals surface area contributed by atoms with Gasteiger partial charge in [0.1, 0.15) is 23.0 Å². The molecule has 4 heteroatoms. The molecule has 0 atom stereocenters. The first-order valence-electron chi connectivity index (χ1n) is 12.2. The van der Waals surface area contributed by atoms with Crippen LogP contribution >= 0.6 is 0 Å². The van der Waals surface area contributed by atoms with Crippen LogP contribution < -0.4 is 9.64 Å². The molecule has 4 heterocycles. The Morgan fingerprint density at radius 3 is 2.44 bits per heavy atom. The number of nitriles is 1. The molecule has 0 spiro atoms. The molecular formula is C30H34N2O2. The van der Waals surface area contributed by atoms with Crippen molar-refractivity contribution in [2.24, 2.45) is 0 Å². The van der Waals surface area contributed by atoms with Crippen LogP contribution in [0.25, 0.3) is 5.57 Å². The molecule has 0 saturated carbocycles. The standard InChI is InChI=1S/C30H34N2O2/c1-18-12-22(15-23-14-21(19(2)17-31)13-20(3)33-23)34-28-24(18)16-25-27-26(28)30(6,7)9-11-32(27)10-8-29(25,4)5/h12-16H,8-11H2,1-7H3/b21-19?,22-15+. The van der Waals surface area contributed by atoms with Crippen molar-refractivity contribution in [3.8, 4) is 11.8 Å². The average molecular weight is 455 g/mol. The third kappa shape index (κ3) is 3.59. The lowest BCUT2D eigenvalue weighted by Crippen LogP contribution is -2.45. The molecule has 0 fully saturated rings. The fraction of sp³-hybridized carbons (Fsp3) is 0.433. The van der Waals surface area contributed by atoms with Gasteiger partial charge >= 0.3 is 0 Å². The summed E-state index contributed by atoms with van der Waals surface area (Å²) in [6.45, 7) is 17.5. The van der Waals surface area contributed by atoms with Crippen molar-refractivity contribution in [1.29, 1.82) is 5.26 Å². The maximum absolute atomic E-state index is 9.33. The number of ether oxygens (including phenoxy) is 2. The lowest BCUT2D eigenvalue weighted by atomic mass is 9.68. The number of fused-ring (bicyclic) bond motifs is 2. The second-order valence-electron chi connectivity index (χ2n) is 11.4. The van der Waals surface area contributed by atoms with Crippen LogP contribution in [0.3, 0.4) is 0 Å². The van der Waals surface area contributed by atoms with Gasteiger partial charge in [-0.2, -0.15) is 5.26 Å². The molecule has 1 aromatic carbocycles. The first kappa shape index (κ1) is 22.6. The minimum Gasteiger partial charge on any atom is -0.462 e. The van der Waals surface area contributed by atoms with Gasteiger partial charge in [0.2, 0.25) is 0 Å². The molecule has 0 aromatic heterocycles. The van der Waals surface area contributed by atoms with Crippen molar-refractivity contribution in [3.63, 3.8) is 0 Å². The van der Waals surface area contributed by atoms with Crippen molar-refractivity contribution in [2.45, 2.75) is 72.1 Å². The Morgan fingerprint density at radius 1 is 1.03 bits per heavy atom. The molecule has 0 amide bonds. The molecule has 1 aromatic rings. The van der Waals surface area contributed by atoms with E-state index in [2.05, 4.69) is 57.7 Å². The van der Waals surface area contributed by atoms with Gasteiger partial charge in [0.15, 0.2) is 0 Å². The molecule has 0 unspecified atom stereocenters. The molecule has 0 saturated heterocycles. The zero-order valence-electron chi connectivity index (χ0n) is 21.4. The molecule has 4 aliphatic rings. The Kier molecular flexibility index (Phi) is 5.09. The monoisotopic (exact) mass is 454 g/mol. The van der Waals surface area contributed by atoms with Crippen LogP contribution in [-0.4, -0.2) is 13.1 Å². The minimum atomic E-state index is 0.0296. The van der Waals surface area contributed by atoms with E-state index in [-0.39, 0.29) is 10.8 Å². The van der Waals surface area contributed by atoms with E-state index >= 15 is 0 Å². The van der Waals surface area contributed by atoms with Crippen molar-refractivity contribution in [3.05, 3.63) is 75.5 Å². The second kappa shape index (κ2) is 7.67. The Hall–Kier alpha value is -3.19. The van der Waals surface area contributed by atoms with E-state index < -0.39 is 0 Å². The number of hydrogen-bond acceptors (Lipinski definition) is 4. The van der Waals surface area contributed by atoms with E-state index in [9.17, 15) is 5.26 Å². The van der Waals surface area contributed by atoms with Gasteiger partial charge in [0, 0.05) is 41.6 Å². The molecule has 0 radical (unpaired) electrons. The molecule has 0 aliphatic carbocycles. The summed E-state index contributed by atoms with van der Waals surface area (Å²) >= 11 is 0. The fourth-order valence-electron chi connectivity index (χ4n) is 5.61. The Balaban J connectivity index is 1.66. The second-order valence-corrected chi connectivity index (χ2v) is 11.4. The lowest BCUT2D eigenvalue weighted by Gasteiger charge is -2.49. The van der Waals surface area contributed by atoms with Crippen LogP contribution in [-0.2, 0) is 15.6 Å². The molecule has 34 heavy (non-hydrogen) atoms. The van der Waals surface area contributed by atoms with Gasteiger partial charge in [-0.25, -0.2) is 0 Å². The van der Waals surface area contributed by atoms with Crippen LogP contribution in [0.5, 0.6) is 5.75 Å². The maximum atomic E-state index is 9.33. The summed E-state index contributed by atoms with van der Waals surface area (Å²) in [5.74, 6) is 3.20. The first-order chi connectivity index (χ1) is 16.0. The van der Waals surface area contributed by atoms with Crippen LogP contribution in [0.15, 0.2) is 58.8 Å². The molecule has 5 rings (SSSR count). The molecule has 4 nitrogen and oxygen atoms in total. The summed E-state index contributed by atoms with van der Waals surface area (Å²) in [7, 11) is 0. The van der Waals surface area contributed by atoms with E-state index in [1.54, 1.807) is 0 Å². The van der Waals surface area contributed by atoms with E-state index in [1.165, 1.54) is 34.4 Å². The number of anilines is 1. The van der Waals surface area contributed by atoms with Crippen molar-refractivity contribution in [2.75, 3.05) is 18.0 Å². The van der Waals surface area contributed by atoms with Crippen LogP contribution in [0.4, 0.5) is 5.69 Å². The first-order valence-corrected chi connectivity index (χ1v) is 12.2. The maximum Gasteiger partial charge on any atom is 0.140 e. The van der Waals surface area contributed by atoms with E-state index in [0.717, 1.165) is 42.4 Å². The van der Waals surface area contributed by atoms with Crippen molar-refractivity contribution >= 4 is 11.3 Å². The summed E-state index contributed by atoms with van der Waals surface area (Å²) in [5.41, 5.74) is 8.30. The van der Waals surface area contributed by atoms with Crippen molar-refractivity contribution in [1.82, 2.24) is 0 Å². The number of nitrogens with zero attached hydrogens (tertiary/aromatic N) is 2. The molecule has 0 bridgehead atoms. The number of benzene rings is 1. The number of hydrogen-bond donors (Lipinski definition) is 0. The third-order valence-electron chi connectivity index (χ3n) is 7.81. The highest BCUT2D eigenvalue weighted by molar-refractivity contribution is 5.83. The minimum absolute atomic E-state index is 0.0296. The molecule has 0 N–H and O–H groups in total. The fourth-order valence-corrected chi connectivity index (χ4v) is 5.61. The molecule has 4 aliphatic heterocycles. The molecule has 176 valence electrons. The summed E-state index contributed by atoms with van der Waals surface area (Å²) in [6.07, 6.45) is 10.1. The summed E-state index contributed by atoms with van der Waals surface area (Å²) < 4.78 is 12.6. The zero-order valence-corrected chi connectivity index (χ0v) is 21.4. The SMILES string of the molecule is CC1=CC(=C(C)C#N)C=C(/C=C2\C=C(C)c3cc4c5c(c3O2)C(C)(C)CCN5CCC4(C)C)O1. The van der Waals surface area contributed by atoms with Crippen LogP contribution in [0.1, 0.15) is 78.0 Å². The van der Waals surface area contributed by atoms with Gasteiger partial charge in [-0.3, -0.25) is 0 Å². The van der Waals surface area contributed by atoms with E-state index in [4.69, 9.17) is 9.47 Å². The van der Waals surface area contributed by atoms with Gasteiger partial charge in [0.05, 0.1) is 6.07 Å². The quantitative estimate of drug-likeness (QED) is 0.421. The van der Waals surface area contributed by atoms with E-state index in [0.29, 0.717) is 11.3 Å². The van der Waals surface area contributed by atoms with Crippen LogP contribution in [0, 0.1) is 11.3 Å². The third-order valence-corrected chi connectivity index (χ3v) is 7.81. The summed E-state index contributed by atoms with van der Waals surface area (Å²) in [6, 6.07) is 4.62. The number of rotatable bonds is 1. The van der Waals surface area contributed by atoms with Crippen molar-refractivity contribution < 1.29 is 9.47 Å². The Bertz CT molecular complexity index is 1290. The van der Waals surface area contributed by atoms with Gasteiger partial charge < -0.3 is 14.4 Å². The number of allylic oxidation sites excluding steroid dienone is 8. The largest absolute Gasteiger partial charge is 0.462 e. The highest BCUT2D eigenvalue weighted by atomic mass is 16.5. The Labute approximate surface area is 203 Å². The highest BCUT2D eigenvalue weighted by Gasteiger charge is 2.43. The zero-order chi connectivity index (χ0) is 24.4. The van der Waals surface area contributed by atoms with Gasteiger partial charge in [-0.05, 0) is 85.4 Å². The normalized spacial score (nSPS) is 24.5. The summed E-state index contributed by atoms with van der Waals surface area (Å²) in [4.78, 5) is 2.57. The van der Waals surface area contributed by atoms with Gasteiger partial charge in [-0.1, -0.05) is 27.7 Å². The highest BCUT2D eigenvalue weighted by Crippen LogP contribution is 2.55. The smallest absolute Gasteiger partial charge is 0.140 e. The predicted molar refractivity (Wildman–Crippen MR) is 138 cm³/mol. The van der Waals surface area contributed by atoms with Gasteiger partial charge in [0.25, 0.3) is 0 Å². The van der Waals surface area contributed by atoms with E-state index in [1.807, 2.05) is 32.1 Å². The topological polar surface area (TPSA) is 45.5 Å². The van der Waals surface area contributed by atoms with Gasteiger partial charge in [-0.15, -0.1) is 0 Å².